The van der Waals surface area contributed by atoms with Crippen molar-refractivity contribution >= 4 is 22.5 Å². The lowest BCUT2D eigenvalue weighted by Crippen LogP contribution is -2.35. The van der Waals surface area contributed by atoms with Crippen molar-refractivity contribution in [2.45, 2.75) is 19.9 Å². The van der Waals surface area contributed by atoms with Gasteiger partial charge in [0.25, 0.3) is 0 Å². The van der Waals surface area contributed by atoms with Crippen LogP contribution in [0.2, 0.25) is 0 Å². The summed E-state index contributed by atoms with van der Waals surface area (Å²) in [5.41, 5.74) is 1.78. The highest BCUT2D eigenvalue weighted by atomic mass is 16.6. The van der Waals surface area contributed by atoms with Gasteiger partial charge in [0.1, 0.15) is 13.2 Å². The second-order valence-corrected chi connectivity index (χ2v) is 7.25. The number of rotatable bonds is 4. The van der Waals surface area contributed by atoms with E-state index in [0.29, 0.717) is 13.2 Å². The van der Waals surface area contributed by atoms with Crippen molar-refractivity contribution in [3.8, 4) is 11.5 Å². The molecular weight excluding hydrogens is 352 g/mol. The predicted molar refractivity (Wildman–Crippen MR) is 111 cm³/mol. The summed E-state index contributed by atoms with van der Waals surface area (Å²) in [5, 5.41) is 8.21. The summed E-state index contributed by atoms with van der Waals surface area (Å²) in [6.07, 6.45) is 0. The minimum Gasteiger partial charge on any atom is -0.486 e. The van der Waals surface area contributed by atoms with Gasteiger partial charge in [-0.05, 0) is 35.1 Å². The zero-order valence-electron chi connectivity index (χ0n) is 16.1. The maximum atomic E-state index is 12.8. The Hall–Kier alpha value is -3.21. The van der Waals surface area contributed by atoms with Gasteiger partial charge in [0.15, 0.2) is 11.5 Å². The second kappa shape index (κ2) is 7.80. The summed E-state index contributed by atoms with van der Waals surface area (Å²) in [7, 11) is 0. The highest BCUT2D eigenvalue weighted by Gasteiger charge is 2.21. The molecular formula is C23H24N2O3. The summed E-state index contributed by atoms with van der Waals surface area (Å²) in [6.45, 7) is 5.27. The van der Waals surface area contributed by atoms with Gasteiger partial charge in [-0.15, -0.1) is 0 Å². The van der Waals surface area contributed by atoms with Crippen LogP contribution in [-0.2, 0) is 0 Å². The quantitative estimate of drug-likeness (QED) is 0.664. The first-order valence-electron chi connectivity index (χ1n) is 9.56. The number of carbonyl (C=O) groups is 1. The van der Waals surface area contributed by atoms with Crippen molar-refractivity contribution < 1.29 is 14.3 Å². The molecule has 3 aromatic rings. The van der Waals surface area contributed by atoms with Gasteiger partial charge >= 0.3 is 6.03 Å². The first kappa shape index (κ1) is 18.2. The monoisotopic (exact) mass is 376 g/mol. The number of benzene rings is 3. The summed E-state index contributed by atoms with van der Waals surface area (Å²) < 4.78 is 11.3. The molecule has 144 valence electrons. The highest BCUT2D eigenvalue weighted by molar-refractivity contribution is 6.01. The predicted octanol–water partition coefficient (Wildman–Crippen LogP) is 5.13. The molecule has 0 aromatic heterocycles. The minimum absolute atomic E-state index is 0.147. The summed E-state index contributed by atoms with van der Waals surface area (Å²) in [5.74, 6) is 1.68. The molecule has 1 atom stereocenters. The third-order valence-corrected chi connectivity index (χ3v) is 4.92. The molecule has 4 rings (SSSR count). The van der Waals surface area contributed by atoms with Gasteiger partial charge in [0, 0.05) is 5.39 Å². The Kier molecular flexibility index (Phi) is 5.06. The number of urea groups is 1. The fourth-order valence-corrected chi connectivity index (χ4v) is 3.52. The maximum Gasteiger partial charge on any atom is 0.319 e. The van der Waals surface area contributed by atoms with E-state index in [1.54, 1.807) is 0 Å². The normalized spacial score (nSPS) is 14.0. The van der Waals surface area contributed by atoms with Crippen LogP contribution in [0, 0.1) is 5.92 Å². The number of hydrogen-bond donors (Lipinski definition) is 2. The Balaban J connectivity index is 1.54. The fourth-order valence-electron chi connectivity index (χ4n) is 3.52. The molecule has 1 heterocycles. The van der Waals surface area contributed by atoms with E-state index < -0.39 is 0 Å². The maximum absolute atomic E-state index is 12.8. The number of nitrogens with one attached hydrogen (secondary N) is 2. The molecule has 2 N–H and O–H groups in total. The molecule has 1 aliphatic rings. The average Bonchev–Trinajstić information content (AvgIpc) is 2.72. The van der Waals surface area contributed by atoms with Crippen molar-refractivity contribution in [3.05, 3.63) is 66.2 Å². The molecule has 1 aliphatic heterocycles. The van der Waals surface area contributed by atoms with E-state index in [4.69, 9.17) is 9.47 Å². The van der Waals surface area contributed by atoms with Gasteiger partial charge < -0.3 is 20.1 Å². The zero-order valence-corrected chi connectivity index (χ0v) is 16.1. The Labute approximate surface area is 164 Å². The van der Waals surface area contributed by atoms with Gasteiger partial charge in [0.2, 0.25) is 0 Å². The molecule has 1 unspecified atom stereocenters. The third kappa shape index (κ3) is 3.74. The SMILES string of the molecule is CC(C)C(NC(=O)Nc1cccc2ccccc12)c1ccc2c(c1)OCCO2. The molecule has 3 aromatic carbocycles. The van der Waals surface area contributed by atoms with E-state index in [-0.39, 0.29) is 18.0 Å². The lowest BCUT2D eigenvalue weighted by molar-refractivity contribution is 0.171. The van der Waals surface area contributed by atoms with Crippen LogP contribution in [0.3, 0.4) is 0 Å². The van der Waals surface area contributed by atoms with Gasteiger partial charge in [-0.3, -0.25) is 0 Å². The largest absolute Gasteiger partial charge is 0.486 e. The van der Waals surface area contributed by atoms with Crippen molar-refractivity contribution in [1.82, 2.24) is 5.32 Å². The summed E-state index contributed by atoms with van der Waals surface area (Å²) >= 11 is 0. The van der Waals surface area contributed by atoms with Gasteiger partial charge in [-0.25, -0.2) is 4.79 Å². The fraction of sp³-hybridized carbons (Fsp3) is 0.261. The molecule has 5 heteroatoms. The lowest BCUT2D eigenvalue weighted by Gasteiger charge is -2.25. The van der Waals surface area contributed by atoms with Crippen LogP contribution in [0.15, 0.2) is 60.7 Å². The van der Waals surface area contributed by atoms with Crippen LogP contribution in [0.1, 0.15) is 25.5 Å². The summed E-state index contributed by atoms with van der Waals surface area (Å²) in [4.78, 5) is 12.8. The van der Waals surface area contributed by atoms with Gasteiger partial charge in [-0.1, -0.05) is 56.3 Å². The van der Waals surface area contributed by atoms with Gasteiger partial charge in [-0.2, -0.15) is 0 Å². The lowest BCUT2D eigenvalue weighted by atomic mass is 9.95. The number of hydrogen-bond acceptors (Lipinski definition) is 3. The Morgan fingerprint density at radius 1 is 0.929 bits per heavy atom. The highest BCUT2D eigenvalue weighted by Crippen LogP contribution is 2.34. The first-order chi connectivity index (χ1) is 13.6. The van der Waals surface area contributed by atoms with Crippen molar-refractivity contribution in [1.29, 1.82) is 0 Å². The van der Waals surface area contributed by atoms with Crippen LogP contribution in [-0.4, -0.2) is 19.2 Å². The van der Waals surface area contributed by atoms with Crippen LogP contribution in [0.5, 0.6) is 11.5 Å². The Morgan fingerprint density at radius 3 is 2.50 bits per heavy atom. The molecule has 0 aliphatic carbocycles. The van der Waals surface area contributed by atoms with Crippen LogP contribution >= 0.6 is 0 Å². The van der Waals surface area contributed by atoms with E-state index in [1.807, 2.05) is 60.7 Å². The molecule has 2 amide bonds. The van der Waals surface area contributed by atoms with Crippen molar-refractivity contribution in [2.75, 3.05) is 18.5 Å². The molecule has 0 radical (unpaired) electrons. The van der Waals surface area contributed by atoms with Crippen LogP contribution in [0.25, 0.3) is 10.8 Å². The number of fused-ring (bicyclic) bond motifs is 2. The number of carbonyl (C=O) groups excluding carboxylic acids is 1. The zero-order chi connectivity index (χ0) is 19.5. The van der Waals surface area contributed by atoms with Crippen molar-refractivity contribution in [2.24, 2.45) is 5.92 Å². The Bertz CT molecular complexity index is 995. The summed E-state index contributed by atoms with van der Waals surface area (Å²) in [6, 6.07) is 19.4. The molecule has 28 heavy (non-hydrogen) atoms. The number of amides is 2. The average molecular weight is 376 g/mol. The smallest absolute Gasteiger partial charge is 0.319 e. The van der Waals surface area contributed by atoms with E-state index in [9.17, 15) is 4.79 Å². The van der Waals surface area contributed by atoms with Crippen LogP contribution < -0.4 is 20.1 Å². The second-order valence-electron chi connectivity index (χ2n) is 7.25. The van der Waals surface area contributed by atoms with E-state index in [2.05, 4.69) is 24.5 Å². The number of ether oxygens (including phenoxy) is 2. The Morgan fingerprint density at radius 2 is 1.68 bits per heavy atom. The molecule has 0 saturated carbocycles. The molecule has 0 bridgehead atoms. The van der Waals surface area contributed by atoms with E-state index in [1.165, 1.54) is 0 Å². The van der Waals surface area contributed by atoms with E-state index in [0.717, 1.165) is 33.5 Å². The minimum atomic E-state index is -0.232. The molecule has 0 spiro atoms. The standard InChI is InChI=1S/C23H24N2O3/c1-15(2)22(17-10-11-20-21(14-17)28-13-12-27-20)25-23(26)24-19-9-5-7-16-6-3-4-8-18(16)19/h3-11,14-15,22H,12-13H2,1-2H3,(H2,24,25,26). The molecule has 0 fully saturated rings. The first-order valence-corrected chi connectivity index (χ1v) is 9.56. The number of anilines is 1. The third-order valence-electron chi connectivity index (χ3n) is 4.92. The van der Waals surface area contributed by atoms with Gasteiger partial charge in [0.05, 0.1) is 11.7 Å². The molecule has 5 nitrogen and oxygen atoms in total. The van der Waals surface area contributed by atoms with E-state index >= 15 is 0 Å². The van der Waals surface area contributed by atoms with Crippen LogP contribution in [0.4, 0.5) is 10.5 Å². The topological polar surface area (TPSA) is 59.6 Å². The van der Waals surface area contributed by atoms with Crippen molar-refractivity contribution in [3.63, 3.8) is 0 Å². The molecule has 0 saturated heterocycles.